The molecule has 8 aromatic carbocycles. The summed E-state index contributed by atoms with van der Waals surface area (Å²) in [7, 11) is 0. The summed E-state index contributed by atoms with van der Waals surface area (Å²) in [5.74, 6) is 3.92. The number of likely N-dealkylation sites (tertiary alicyclic amines) is 2. The average molecular weight is 1960 g/mol. The normalized spacial score (nSPS) is 23.7. The van der Waals surface area contributed by atoms with Crippen LogP contribution in [0.15, 0.2) is 194 Å². The van der Waals surface area contributed by atoms with Crippen molar-refractivity contribution in [3.05, 3.63) is 258 Å². The number of fused-ring (bicyclic) bond motifs is 11. The number of amides is 5. The third kappa shape index (κ3) is 28.2. The lowest BCUT2D eigenvalue weighted by Gasteiger charge is -2.41. The molecule has 0 N–H and O–H groups in total. The average Bonchev–Trinajstić information content (AvgIpc) is 0.999. The Labute approximate surface area is 846 Å². The van der Waals surface area contributed by atoms with E-state index in [4.69, 9.17) is 58.0 Å². The number of piperidine rings is 3. The first-order valence-corrected chi connectivity index (χ1v) is 54.9. The minimum atomic E-state index is 0.307. The first kappa shape index (κ1) is 105. The third-order valence-electron chi connectivity index (χ3n) is 32.5. The van der Waals surface area contributed by atoms with Gasteiger partial charge in [-0.25, -0.2) is 0 Å². The van der Waals surface area contributed by atoms with Crippen molar-refractivity contribution in [2.24, 2.45) is 0 Å². The summed E-state index contributed by atoms with van der Waals surface area (Å²) < 4.78 is 0. The fourth-order valence-corrected chi connectivity index (χ4v) is 25.5. The molecule has 0 radical (unpaired) electrons. The molecule has 8 aromatic rings. The van der Waals surface area contributed by atoms with Crippen molar-refractivity contribution in [1.29, 1.82) is 0 Å². The molecule has 0 aliphatic carbocycles. The summed E-state index contributed by atoms with van der Waals surface area (Å²) in [6.07, 6.45) is 30.0. The van der Waals surface area contributed by atoms with Crippen LogP contribution in [0.1, 0.15) is 304 Å². The number of rotatable bonds is 27. The molecule has 20 heteroatoms. The Morgan fingerprint density at radius 2 is 0.577 bits per heavy atom. The lowest BCUT2D eigenvalue weighted by Crippen LogP contribution is -2.51. The van der Waals surface area contributed by atoms with Crippen LogP contribution in [0, 0.1) is 0 Å². The number of carbonyl (C=O) groups excluding carboxylic acids is 5. The smallest absolute Gasteiger partial charge is 0.222 e. The van der Waals surface area contributed by atoms with Crippen LogP contribution in [0.4, 0.5) is 0 Å². The summed E-state index contributed by atoms with van der Waals surface area (Å²) in [6.45, 7) is 32.6. The van der Waals surface area contributed by atoms with Gasteiger partial charge in [0.1, 0.15) is 0 Å². The second kappa shape index (κ2) is 52.6. The van der Waals surface area contributed by atoms with Crippen LogP contribution in [0.2, 0.25) is 25.1 Å². The predicted octanol–water partition coefficient (Wildman–Crippen LogP) is 25.9. The van der Waals surface area contributed by atoms with Crippen LogP contribution < -0.4 is 0 Å². The van der Waals surface area contributed by atoms with E-state index in [9.17, 15) is 24.0 Å². The van der Waals surface area contributed by atoms with E-state index in [1.54, 1.807) is 0 Å². The molecule has 10 saturated heterocycles. The van der Waals surface area contributed by atoms with Crippen molar-refractivity contribution in [2.45, 2.75) is 325 Å². The van der Waals surface area contributed by atoms with Gasteiger partial charge in [0.15, 0.2) is 0 Å². The largest absolute Gasteiger partial charge is 0.341 e. The summed E-state index contributed by atoms with van der Waals surface area (Å²) >= 11 is 30.8. The van der Waals surface area contributed by atoms with Gasteiger partial charge in [-0.05, 0) is 266 Å². The van der Waals surface area contributed by atoms with Crippen LogP contribution in [-0.2, 0) is 24.0 Å². The number of carbonyl (C=O) groups is 5. The number of nitrogens with zero attached hydrogens (tertiary/aromatic N) is 10. The Balaban J connectivity index is 0.000000137. The first-order chi connectivity index (χ1) is 66.6. The summed E-state index contributed by atoms with van der Waals surface area (Å²) in [5, 5.41) is 5.75. The molecule has 0 spiro atoms. The van der Waals surface area contributed by atoms with E-state index in [0.717, 1.165) is 179 Å². The molecule has 5 amide bonds. The van der Waals surface area contributed by atoms with Crippen molar-refractivity contribution in [1.82, 2.24) is 49.0 Å². The van der Waals surface area contributed by atoms with Gasteiger partial charge in [0, 0.05) is 180 Å². The van der Waals surface area contributed by atoms with Crippen molar-refractivity contribution >= 4 is 98.3 Å². The quantitative estimate of drug-likeness (QED) is 0.0492. The number of hydrogen-bond acceptors (Lipinski definition) is 10. The zero-order chi connectivity index (χ0) is 96.4. The molecule has 740 valence electrons. The Bertz CT molecular complexity index is 5040. The highest BCUT2D eigenvalue weighted by Crippen LogP contribution is 2.41. The Hall–Kier alpha value is -7.38. The van der Waals surface area contributed by atoms with Gasteiger partial charge in [-0.15, -0.1) is 0 Å². The third-order valence-corrected chi connectivity index (χ3v) is 34.3. The van der Waals surface area contributed by atoms with Gasteiger partial charge < -0.3 is 44.1 Å². The van der Waals surface area contributed by atoms with Crippen LogP contribution in [0.25, 0.3) is 10.8 Å². The highest BCUT2D eigenvalue weighted by Gasteiger charge is 2.44. The Morgan fingerprint density at radius 3 is 0.964 bits per heavy atom. The molecule has 0 saturated carbocycles. The topological polar surface area (TPSA) is 118 Å². The Kier molecular flexibility index (Phi) is 40.5. The van der Waals surface area contributed by atoms with Gasteiger partial charge in [0.2, 0.25) is 29.5 Å². The van der Waals surface area contributed by atoms with E-state index in [2.05, 4.69) is 234 Å². The monoisotopic (exact) mass is 1960 g/mol. The van der Waals surface area contributed by atoms with E-state index in [0.29, 0.717) is 172 Å². The summed E-state index contributed by atoms with van der Waals surface area (Å²) in [6, 6.07) is 72.9. The maximum atomic E-state index is 12.6. The van der Waals surface area contributed by atoms with Crippen LogP contribution in [0.5, 0.6) is 0 Å². The second-order valence-electron chi connectivity index (χ2n) is 41.1. The maximum absolute atomic E-state index is 12.6. The highest BCUT2D eigenvalue weighted by atomic mass is 35.5. The molecule has 10 aliphatic heterocycles. The zero-order valence-electron chi connectivity index (χ0n) is 83.4. The second-order valence-corrected chi connectivity index (χ2v) is 43.1. The molecule has 18 rings (SSSR count). The predicted molar refractivity (Wildman–Crippen MR) is 569 cm³/mol. The Morgan fingerprint density at radius 1 is 0.270 bits per heavy atom. The number of halogens is 5. The standard InChI is InChI=1S/C26H34N2O.C25H32N2O.C24H31ClN2O.2C21H30Cl2N2O/c1-2-26(29)28-23-14-9-15-24(28)20-27(18-16-23)19-17-25(21-10-5-3-6-11-21)22-12-7-4-8-13-22;1-2-25(28)27-22-13-14-23(27)19-26(17-15-22)18-16-24(20-9-5-3-6-10-20)21-11-7-4-8-12-21;1-3-24(28)27-18-8-9-19(27)16-26(15-13-18)14-12-17(2)20-10-11-23(25)22-7-5-4-6-21(20)22;1-3-21(26)24-11-10-17-5-4-6-18(14-24)25(17)12-9-15(2)16-7-8-19(22)20(23)13-16;1-3-21(26)25-17-5-4-6-18(25)14-24(12-10-17)11-9-15(2)16-7-8-19(22)20(23)13-16/h3-8,10-13,23-25H,2,9,14-20H2,1H3;3-12,22-24H,2,13-19H2,1H3;4-7,10-11,17-19H,3,8-9,12-16H2,1-2H3;2*7-8,13,15,17-18H,3-6,9-12,14H2,1-2H3. The van der Waals surface area contributed by atoms with Crippen molar-refractivity contribution in [2.75, 3.05) is 98.2 Å². The highest BCUT2D eigenvalue weighted by molar-refractivity contribution is 6.42. The molecular weight excluding hydrogens is 1800 g/mol. The van der Waals surface area contributed by atoms with Gasteiger partial charge in [0.25, 0.3) is 0 Å². The van der Waals surface area contributed by atoms with Gasteiger partial charge in [-0.2, -0.15) is 0 Å². The fourth-order valence-electron chi connectivity index (χ4n) is 24.7. The van der Waals surface area contributed by atoms with Crippen LogP contribution in [0.3, 0.4) is 0 Å². The molecule has 13 unspecified atom stereocenters. The van der Waals surface area contributed by atoms with Crippen molar-refractivity contribution < 1.29 is 24.0 Å². The molecule has 13 atom stereocenters. The van der Waals surface area contributed by atoms with Gasteiger partial charge >= 0.3 is 0 Å². The molecular formula is C117H157Cl5N10O5. The van der Waals surface area contributed by atoms with Gasteiger partial charge in [-0.3, -0.25) is 28.9 Å². The van der Waals surface area contributed by atoms with Crippen molar-refractivity contribution in [3.63, 3.8) is 0 Å². The zero-order valence-corrected chi connectivity index (χ0v) is 87.2. The maximum Gasteiger partial charge on any atom is 0.222 e. The summed E-state index contributed by atoms with van der Waals surface area (Å²) in [4.78, 5) is 86.2. The number of benzene rings is 8. The van der Waals surface area contributed by atoms with Crippen LogP contribution in [-0.4, -0.2) is 237 Å². The SMILES string of the molecule is CCC(=O)N1C2CCC1CN(CCC(C)c1ccc(Cl)c3ccccc13)CC2.CCC(=O)N1C2CCC1CN(CCC(c1ccccc1)c1ccccc1)CC2.CCC(=O)N1C2CCCC1CN(CCC(C)c1ccc(Cl)c(Cl)c1)CC2.CCC(=O)N1C2CCCC1CN(CCC(c1ccccc1)c1ccccc1)CC2.CCC(=O)N1CCC2CCCC(C1)N2CCC(C)c1ccc(Cl)c(Cl)c1. The van der Waals surface area contributed by atoms with Gasteiger partial charge in [0.05, 0.1) is 20.1 Å². The molecule has 10 heterocycles. The van der Waals surface area contributed by atoms with E-state index in [1.165, 1.54) is 121 Å². The van der Waals surface area contributed by atoms with E-state index in [-0.39, 0.29) is 0 Å². The van der Waals surface area contributed by atoms with E-state index < -0.39 is 0 Å². The van der Waals surface area contributed by atoms with Gasteiger partial charge in [-0.1, -0.05) is 284 Å². The van der Waals surface area contributed by atoms with E-state index in [1.807, 2.05) is 65.0 Å². The first-order valence-electron chi connectivity index (χ1n) is 53.0. The molecule has 10 aliphatic rings. The number of hydrogen-bond donors (Lipinski definition) is 0. The van der Waals surface area contributed by atoms with E-state index >= 15 is 0 Å². The lowest BCUT2D eigenvalue weighted by atomic mass is 9.88. The molecule has 10 fully saturated rings. The lowest BCUT2D eigenvalue weighted by molar-refractivity contribution is -0.138. The van der Waals surface area contributed by atoms with Crippen molar-refractivity contribution in [3.8, 4) is 0 Å². The fraction of sp³-hybridized carbons (Fsp3) is 0.564. The molecule has 15 nitrogen and oxygen atoms in total. The summed E-state index contributed by atoms with van der Waals surface area (Å²) in [5.41, 5.74) is 9.47. The molecule has 137 heavy (non-hydrogen) atoms. The molecule has 10 bridgehead atoms. The van der Waals surface area contributed by atoms with Crippen LogP contribution >= 0.6 is 58.0 Å². The molecule has 0 aromatic heterocycles. The minimum Gasteiger partial charge on any atom is -0.341 e. The minimum absolute atomic E-state index is 0.307.